The van der Waals surface area contributed by atoms with Gasteiger partial charge in [-0.15, -0.1) is 49.2 Å². The summed E-state index contributed by atoms with van der Waals surface area (Å²) < 4.78 is 55.3. The van der Waals surface area contributed by atoms with Crippen molar-refractivity contribution in [3.05, 3.63) is 108 Å². The number of nitrogens with zero attached hydrogens (tertiary/aromatic N) is 2. The van der Waals surface area contributed by atoms with Crippen molar-refractivity contribution in [2.75, 3.05) is 9.80 Å². The van der Waals surface area contributed by atoms with Gasteiger partial charge in [-0.05, 0) is 48.9 Å². The minimum Gasteiger partial charge on any atom is -0.360 e. The van der Waals surface area contributed by atoms with Crippen molar-refractivity contribution >= 4 is 23.2 Å². The zero-order valence-electron chi connectivity index (χ0n) is 36.7. The van der Waals surface area contributed by atoms with Gasteiger partial charge in [-0.2, -0.15) is 12.2 Å². The molecule has 0 aliphatic heterocycles. The summed E-state index contributed by atoms with van der Waals surface area (Å²) in [6, 6.07) is 9.22. The number of allylic oxidation sites excluding steroid dienone is 8. The van der Waals surface area contributed by atoms with Gasteiger partial charge < -0.3 is 9.80 Å². The van der Waals surface area contributed by atoms with Crippen LogP contribution in [-0.2, 0) is 31.3 Å². The molecule has 2 amide bonds. The van der Waals surface area contributed by atoms with Crippen molar-refractivity contribution in [2.24, 2.45) is 22.7 Å². The van der Waals surface area contributed by atoms with Gasteiger partial charge in [-0.3, -0.25) is 21.7 Å². The second-order valence-corrected chi connectivity index (χ2v) is 17.0. The van der Waals surface area contributed by atoms with Crippen LogP contribution >= 0.6 is 0 Å². The minimum atomic E-state index is -0.783. The number of carbonyl (C=O) groups excluding carboxylic acids is 2. The molecule has 2 unspecified atom stereocenters. The van der Waals surface area contributed by atoms with Gasteiger partial charge >= 0.3 is 21.7 Å². The van der Waals surface area contributed by atoms with Crippen molar-refractivity contribution in [3.8, 4) is 0 Å². The summed E-state index contributed by atoms with van der Waals surface area (Å²) in [7, 11) is 0. The predicted molar refractivity (Wildman–Crippen MR) is 229 cm³/mol. The van der Waals surface area contributed by atoms with E-state index in [4.69, 9.17) is 0 Å². The number of amides is 2. The molecule has 59 heavy (non-hydrogen) atoms. The summed E-state index contributed by atoms with van der Waals surface area (Å²) in [6.07, 6.45) is 31.6. The van der Waals surface area contributed by atoms with Crippen LogP contribution in [0.15, 0.2) is 60.7 Å². The number of halogens is 4. The topological polar surface area (TPSA) is 40.6 Å². The minimum absolute atomic E-state index is 0. The van der Waals surface area contributed by atoms with Crippen LogP contribution in [0, 0.1) is 70.2 Å². The standard InChI is InChI=1S/2C20H28F2NO.2C5H5.Ti/c2*1-5-14(2)20(3,4)19(24)23(16-9-7-6-8-10-16)18-12-11-15(21)13-17(18)22;2*1-2-4-5-3-1;/h2*11-12,14,16H,5-10H2,1-4H3;2*1-3H,4H2;/q4*-1;+4. The van der Waals surface area contributed by atoms with Gasteiger partial charge in [0.1, 0.15) is 0 Å². The van der Waals surface area contributed by atoms with E-state index in [0.717, 1.165) is 89.9 Å². The molecule has 2 saturated carbocycles. The van der Waals surface area contributed by atoms with Crippen LogP contribution in [0.1, 0.15) is 145 Å². The monoisotopic (exact) mass is 850 g/mol. The number of anilines is 2. The average Bonchev–Trinajstić information content (AvgIpc) is 4.01. The molecule has 0 aromatic heterocycles. The summed E-state index contributed by atoms with van der Waals surface area (Å²) in [4.78, 5) is 29.9. The van der Waals surface area contributed by atoms with Crippen molar-refractivity contribution in [1.82, 2.24) is 0 Å². The van der Waals surface area contributed by atoms with E-state index in [0.29, 0.717) is 0 Å². The van der Waals surface area contributed by atoms with E-state index in [2.05, 4.69) is 50.3 Å². The maximum atomic E-state index is 14.4. The first kappa shape index (κ1) is 51.9. The summed E-state index contributed by atoms with van der Waals surface area (Å²) in [5.41, 5.74) is -0.894. The zero-order chi connectivity index (χ0) is 42.9. The molecule has 2 fully saturated rings. The molecule has 4 aliphatic rings. The fraction of sp³-hybridized carbons (Fsp3) is 0.560. The van der Waals surface area contributed by atoms with Crippen LogP contribution in [0.4, 0.5) is 28.9 Å². The van der Waals surface area contributed by atoms with Gasteiger partial charge in [-0.1, -0.05) is 107 Å². The summed E-state index contributed by atoms with van der Waals surface area (Å²) in [5.74, 6) is -2.87. The van der Waals surface area contributed by atoms with Crippen molar-refractivity contribution < 1.29 is 48.9 Å². The van der Waals surface area contributed by atoms with Crippen LogP contribution < -0.4 is 9.80 Å². The molecule has 9 heteroatoms. The van der Waals surface area contributed by atoms with E-state index >= 15 is 0 Å². The SMILES string of the molecule is CCC(C)C(C)(C)C(=O)N(c1ccc(F)[c-]c1F)C1CCCCC1.CCC(C)C(C)(C)C(=O)N(c1ccc(F)[c-]c1F)C1CCCCC1.[C-]1=CC=CC1.[C-]1=CC=CC1.[Ti+4]. The van der Waals surface area contributed by atoms with E-state index in [1.54, 1.807) is 9.80 Å². The largest absolute Gasteiger partial charge is 4.00 e. The fourth-order valence-corrected chi connectivity index (χ4v) is 7.61. The normalized spacial score (nSPS) is 17.3. The second-order valence-electron chi connectivity index (χ2n) is 17.0. The molecule has 320 valence electrons. The van der Waals surface area contributed by atoms with E-state index in [1.165, 1.54) is 24.3 Å². The van der Waals surface area contributed by atoms with Crippen LogP contribution in [0.3, 0.4) is 0 Å². The van der Waals surface area contributed by atoms with Crippen LogP contribution in [0.25, 0.3) is 0 Å². The van der Waals surface area contributed by atoms with Gasteiger partial charge in [0.2, 0.25) is 11.8 Å². The van der Waals surface area contributed by atoms with Crippen molar-refractivity contribution in [3.63, 3.8) is 0 Å². The maximum Gasteiger partial charge on any atom is 4.00 e. The molecular formula is C50H66F4N2O2Ti. The Hall–Kier alpha value is -3.23. The van der Waals surface area contributed by atoms with Crippen LogP contribution in [0.5, 0.6) is 0 Å². The van der Waals surface area contributed by atoms with Gasteiger partial charge in [-0.25, -0.2) is 41.9 Å². The molecular weight excluding hydrogens is 784 g/mol. The third-order valence-corrected chi connectivity index (χ3v) is 12.5. The molecule has 0 spiro atoms. The summed E-state index contributed by atoms with van der Waals surface area (Å²) >= 11 is 0. The predicted octanol–water partition coefficient (Wildman–Crippen LogP) is 13.6. The van der Waals surface area contributed by atoms with Gasteiger partial charge in [0.05, 0.1) is 0 Å². The Morgan fingerprint density at radius 3 is 1.20 bits per heavy atom. The zero-order valence-corrected chi connectivity index (χ0v) is 38.3. The van der Waals surface area contributed by atoms with Crippen molar-refractivity contribution in [1.29, 1.82) is 0 Å². The Bertz CT molecular complexity index is 1580. The molecule has 0 bridgehead atoms. The average molecular weight is 851 g/mol. The molecule has 2 aromatic rings. The Labute approximate surface area is 368 Å². The van der Waals surface area contributed by atoms with Gasteiger partial charge in [0, 0.05) is 46.2 Å². The van der Waals surface area contributed by atoms with E-state index in [9.17, 15) is 27.2 Å². The Morgan fingerprint density at radius 1 is 0.627 bits per heavy atom. The van der Waals surface area contributed by atoms with Crippen LogP contribution in [-0.4, -0.2) is 23.9 Å². The summed E-state index contributed by atoms with van der Waals surface area (Å²) in [5, 5.41) is 0. The molecule has 6 rings (SSSR count). The molecule has 0 heterocycles. The molecule has 4 aliphatic carbocycles. The maximum absolute atomic E-state index is 14.4. The third-order valence-electron chi connectivity index (χ3n) is 12.5. The first-order valence-electron chi connectivity index (χ1n) is 21.4. The number of carbonyl (C=O) groups is 2. The molecule has 2 atom stereocenters. The Kier molecular flexibility index (Phi) is 22.5. The summed E-state index contributed by atoms with van der Waals surface area (Å²) in [6.45, 7) is 15.9. The quantitative estimate of drug-likeness (QED) is 0.136. The van der Waals surface area contributed by atoms with Crippen LogP contribution in [0.2, 0.25) is 0 Å². The number of hydrogen-bond acceptors (Lipinski definition) is 2. The smallest absolute Gasteiger partial charge is 0.360 e. The molecule has 2 aromatic carbocycles. The number of hydrogen-bond donors (Lipinski definition) is 0. The van der Waals surface area contributed by atoms with Gasteiger partial charge in [0.25, 0.3) is 0 Å². The number of rotatable bonds is 10. The Balaban J connectivity index is 0.000000323. The first-order chi connectivity index (χ1) is 27.6. The molecule has 0 saturated heterocycles. The van der Waals surface area contributed by atoms with Crippen molar-refractivity contribution in [2.45, 2.75) is 157 Å². The molecule has 0 N–H and O–H groups in total. The van der Waals surface area contributed by atoms with Gasteiger partial charge in [0.15, 0.2) is 0 Å². The molecule has 4 nitrogen and oxygen atoms in total. The van der Waals surface area contributed by atoms with E-state index in [1.807, 2.05) is 65.8 Å². The third kappa shape index (κ3) is 15.0. The van der Waals surface area contributed by atoms with E-state index < -0.39 is 34.1 Å². The van der Waals surface area contributed by atoms with E-state index in [-0.39, 0.29) is 68.8 Å². The second kappa shape index (κ2) is 25.5. The Morgan fingerprint density at radius 2 is 0.966 bits per heavy atom. The fourth-order valence-electron chi connectivity index (χ4n) is 7.61. The first-order valence-corrected chi connectivity index (χ1v) is 21.4. The molecule has 0 radical (unpaired) electrons. The number of benzene rings is 2.